The summed E-state index contributed by atoms with van der Waals surface area (Å²) in [5.41, 5.74) is 0. The molecule has 1 rings (SSSR count). The zero-order valence-electron chi connectivity index (χ0n) is 10.3. The molecule has 0 aliphatic carbocycles. The highest BCUT2D eigenvalue weighted by Crippen LogP contribution is 2.17. The first-order chi connectivity index (χ1) is 8.16. The van der Waals surface area contributed by atoms with Gasteiger partial charge in [-0.1, -0.05) is 19.8 Å². The van der Waals surface area contributed by atoms with Gasteiger partial charge in [0.25, 0.3) is 0 Å². The summed E-state index contributed by atoms with van der Waals surface area (Å²) in [6, 6.07) is -0.282. The van der Waals surface area contributed by atoms with E-state index >= 15 is 0 Å². The van der Waals surface area contributed by atoms with E-state index in [1.807, 2.05) is 6.92 Å². The largest absolute Gasteiger partial charge is 0.481 e. The first-order valence-electron chi connectivity index (χ1n) is 6.29. The van der Waals surface area contributed by atoms with Crippen LogP contribution in [0.2, 0.25) is 0 Å². The lowest BCUT2D eigenvalue weighted by molar-refractivity contribution is -0.160. The molecule has 0 aromatic heterocycles. The van der Waals surface area contributed by atoms with E-state index in [1.54, 1.807) is 0 Å². The number of carbonyl (C=O) groups is 2. The van der Waals surface area contributed by atoms with Crippen LogP contribution in [0.3, 0.4) is 0 Å². The SMILES string of the molecule is CCCCOC(=O)C(C(=O)O)C1CCCCN1. The first kappa shape index (κ1) is 14.0. The maximum Gasteiger partial charge on any atom is 0.321 e. The number of carboxylic acids is 1. The van der Waals surface area contributed by atoms with Crippen LogP contribution in [-0.4, -0.2) is 36.2 Å². The van der Waals surface area contributed by atoms with Gasteiger partial charge >= 0.3 is 11.9 Å². The Kier molecular flexibility index (Phi) is 5.97. The smallest absolute Gasteiger partial charge is 0.321 e. The molecule has 0 amide bonds. The maximum atomic E-state index is 11.7. The molecule has 1 aliphatic rings. The predicted octanol–water partition coefficient (Wildman–Crippen LogP) is 1.17. The lowest BCUT2D eigenvalue weighted by Gasteiger charge is -2.27. The van der Waals surface area contributed by atoms with Gasteiger partial charge in [-0.25, -0.2) is 0 Å². The molecule has 5 nitrogen and oxygen atoms in total. The molecular weight excluding hydrogens is 222 g/mol. The van der Waals surface area contributed by atoms with Crippen LogP contribution in [0.25, 0.3) is 0 Å². The van der Waals surface area contributed by atoms with Gasteiger partial charge in [0.1, 0.15) is 0 Å². The van der Waals surface area contributed by atoms with Crippen LogP contribution in [0.5, 0.6) is 0 Å². The highest BCUT2D eigenvalue weighted by Gasteiger charge is 2.36. The number of unbranched alkanes of at least 4 members (excludes halogenated alkanes) is 1. The van der Waals surface area contributed by atoms with E-state index in [2.05, 4.69) is 5.32 Å². The first-order valence-corrected chi connectivity index (χ1v) is 6.29. The van der Waals surface area contributed by atoms with Gasteiger partial charge in [-0.3, -0.25) is 9.59 Å². The lowest BCUT2D eigenvalue weighted by Crippen LogP contribution is -2.47. The zero-order chi connectivity index (χ0) is 12.7. The Labute approximate surface area is 102 Å². The van der Waals surface area contributed by atoms with Crippen LogP contribution in [0, 0.1) is 5.92 Å². The van der Waals surface area contributed by atoms with E-state index in [1.165, 1.54) is 0 Å². The van der Waals surface area contributed by atoms with Crippen molar-refractivity contribution < 1.29 is 19.4 Å². The second kappa shape index (κ2) is 7.27. The third-order valence-corrected chi connectivity index (χ3v) is 3.01. The van der Waals surface area contributed by atoms with Gasteiger partial charge in [-0.2, -0.15) is 0 Å². The second-order valence-corrected chi connectivity index (χ2v) is 4.39. The molecule has 1 aliphatic heterocycles. The zero-order valence-corrected chi connectivity index (χ0v) is 10.3. The number of piperidine rings is 1. The van der Waals surface area contributed by atoms with Gasteiger partial charge in [0, 0.05) is 6.04 Å². The van der Waals surface area contributed by atoms with Crippen LogP contribution in [0.4, 0.5) is 0 Å². The van der Waals surface area contributed by atoms with Crippen LogP contribution in [0.1, 0.15) is 39.0 Å². The molecule has 1 fully saturated rings. The van der Waals surface area contributed by atoms with Gasteiger partial charge in [0.2, 0.25) is 0 Å². The Morgan fingerprint density at radius 1 is 1.47 bits per heavy atom. The quantitative estimate of drug-likeness (QED) is 0.416. The number of esters is 1. The summed E-state index contributed by atoms with van der Waals surface area (Å²) in [6.07, 6.45) is 4.42. The summed E-state index contributed by atoms with van der Waals surface area (Å²) in [7, 11) is 0. The van der Waals surface area contributed by atoms with E-state index < -0.39 is 17.9 Å². The molecule has 1 saturated heterocycles. The summed E-state index contributed by atoms with van der Waals surface area (Å²) in [5, 5.41) is 12.2. The third kappa shape index (κ3) is 4.34. The van der Waals surface area contributed by atoms with Crippen LogP contribution in [-0.2, 0) is 14.3 Å². The Hall–Kier alpha value is -1.10. The minimum absolute atomic E-state index is 0.282. The van der Waals surface area contributed by atoms with Gasteiger partial charge in [-0.15, -0.1) is 0 Å². The molecule has 5 heteroatoms. The topological polar surface area (TPSA) is 75.6 Å². The normalized spacial score (nSPS) is 21.8. The highest BCUT2D eigenvalue weighted by atomic mass is 16.5. The van der Waals surface area contributed by atoms with E-state index in [0.29, 0.717) is 6.61 Å². The molecule has 1 heterocycles. The Balaban J connectivity index is 2.51. The van der Waals surface area contributed by atoms with Crippen molar-refractivity contribution in [3.8, 4) is 0 Å². The number of rotatable bonds is 6. The van der Waals surface area contributed by atoms with Crippen LogP contribution in [0.15, 0.2) is 0 Å². The molecule has 17 heavy (non-hydrogen) atoms. The van der Waals surface area contributed by atoms with E-state index in [9.17, 15) is 9.59 Å². The monoisotopic (exact) mass is 243 g/mol. The van der Waals surface area contributed by atoms with Crippen molar-refractivity contribution in [3.63, 3.8) is 0 Å². The number of carboxylic acid groups (broad SMARTS) is 1. The minimum atomic E-state index is -1.09. The van der Waals surface area contributed by atoms with E-state index in [-0.39, 0.29) is 6.04 Å². The molecule has 98 valence electrons. The fourth-order valence-electron chi connectivity index (χ4n) is 2.01. The van der Waals surface area contributed by atoms with Gasteiger partial charge in [0.05, 0.1) is 6.61 Å². The third-order valence-electron chi connectivity index (χ3n) is 3.01. The number of ether oxygens (including phenoxy) is 1. The number of nitrogens with one attached hydrogen (secondary N) is 1. The average Bonchev–Trinajstić information content (AvgIpc) is 2.30. The molecule has 0 saturated carbocycles. The molecule has 2 atom stereocenters. The Morgan fingerprint density at radius 3 is 2.76 bits per heavy atom. The number of aliphatic carboxylic acids is 1. The predicted molar refractivity (Wildman–Crippen MR) is 62.6 cm³/mol. The minimum Gasteiger partial charge on any atom is -0.481 e. The summed E-state index contributed by atoms with van der Waals surface area (Å²) in [4.78, 5) is 22.8. The number of hydrogen-bond acceptors (Lipinski definition) is 4. The molecule has 0 radical (unpaired) electrons. The summed E-state index contributed by atoms with van der Waals surface area (Å²) < 4.78 is 5.00. The lowest BCUT2D eigenvalue weighted by atomic mass is 9.92. The number of carbonyl (C=O) groups excluding carboxylic acids is 1. The van der Waals surface area contributed by atoms with Gasteiger partial charge < -0.3 is 15.2 Å². The molecule has 0 spiro atoms. The Bertz CT molecular complexity index is 261. The standard InChI is InChI=1S/C12H21NO4/c1-2-3-8-17-12(16)10(11(14)15)9-6-4-5-7-13-9/h9-10,13H,2-8H2,1H3,(H,14,15). The average molecular weight is 243 g/mol. The van der Waals surface area contributed by atoms with Crippen LogP contribution < -0.4 is 5.32 Å². The van der Waals surface area contributed by atoms with E-state index in [4.69, 9.17) is 9.84 Å². The van der Waals surface area contributed by atoms with Crippen molar-refractivity contribution in [2.24, 2.45) is 5.92 Å². The molecular formula is C12H21NO4. The Morgan fingerprint density at radius 2 is 2.24 bits per heavy atom. The summed E-state index contributed by atoms with van der Waals surface area (Å²) in [6.45, 7) is 3.08. The molecule has 2 unspecified atom stereocenters. The van der Waals surface area contributed by atoms with Crippen molar-refractivity contribution in [1.82, 2.24) is 5.32 Å². The molecule has 2 N–H and O–H groups in total. The second-order valence-electron chi connectivity index (χ2n) is 4.39. The molecule has 0 aromatic carbocycles. The maximum absolute atomic E-state index is 11.7. The highest BCUT2D eigenvalue weighted by molar-refractivity contribution is 5.94. The van der Waals surface area contributed by atoms with Crippen LogP contribution >= 0.6 is 0 Å². The van der Waals surface area contributed by atoms with Crippen molar-refractivity contribution in [1.29, 1.82) is 0 Å². The van der Waals surface area contributed by atoms with Gasteiger partial charge in [0.15, 0.2) is 5.92 Å². The van der Waals surface area contributed by atoms with Crippen molar-refractivity contribution in [3.05, 3.63) is 0 Å². The summed E-state index contributed by atoms with van der Waals surface area (Å²) >= 11 is 0. The number of hydrogen-bond donors (Lipinski definition) is 2. The molecule has 0 bridgehead atoms. The van der Waals surface area contributed by atoms with Gasteiger partial charge in [-0.05, 0) is 25.8 Å². The van der Waals surface area contributed by atoms with E-state index in [0.717, 1.165) is 38.6 Å². The molecule has 0 aromatic rings. The van der Waals surface area contributed by atoms with Crippen molar-refractivity contribution in [2.45, 2.75) is 45.1 Å². The fourth-order valence-corrected chi connectivity index (χ4v) is 2.01. The summed E-state index contributed by atoms with van der Waals surface area (Å²) in [5.74, 6) is -2.76. The van der Waals surface area contributed by atoms with Crippen molar-refractivity contribution in [2.75, 3.05) is 13.2 Å². The van der Waals surface area contributed by atoms with Crippen molar-refractivity contribution >= 4 is 11.9 Å². The fraction of sp³-hybridized carbons (Fsp3) is 0.833.